The number of carbonyl (C=O) groups excluding carboxylic acids is 1. The Labute approximate surface area is 178 Å². The molecule has 31 heavy (non-hydrogen) atoms. The van der Waals surface area contributed by atoms with E-state index < -0.39 is 29.3 Å². The number of rotatable bonds is 6. The van der Waals surface area contributed by atoms with E-state index in [1.165, 1.54) is 18.1 Å². The molecule has 0 radical (unpaired) electrons. The molecule has 2 aromatic carbocycles. The molecular weight excluding hydrogens is 414 g/mol. The Balaban J connectivity index is 1.77. The number of hydrogen-bond acceptors (Lipinski definition) is 3. The van der Waals surface area contributed by atoms with Crippen molar-refractivity contribution >= 4 is 6.03 Å². The number of ether oxygens (including phenoxy) is 1. The average Bonchev–Trinajstić information content (AvgIpc) is 2.73. The van der Waals surface area contributed by atoms with Crippen LogP contribution in [0.1, 0.15) is 24.0 Å². The number of piperidine rings is 1. The summed E-state index contributed by atoms with van der Waals surface area (Å²) in [6.45, 7) is 1.04. The second kappa shape index (κ2) is 10.00. The van der Waals surface area contributed by atoms with Gasteiger partial charge in [0.1, 0.15) is 29.0 Å². The Bertz CT molecular complexity index is 910. The highest BCUT2D eigenvalue weighted by atomic mass is 19.1. The van der Waals surface area contributed by atoms with Crippen molar-refractivity contribution in [3.05, 3.63) is 64.7 Å². The van der Waals surface area contributed by atoms with Gasteiger partial charge in [-0.25, -0.2) is 22.4 Å². The van der Waals surface area contributed by atoms with Gasteiger partial charge in [-0.1, -0.05) is 6.07 Å². The first-order valence-electron chi connectivity index (χ1n) is 9.97. The van der Waals surface area contributed by atoms with Crippen molar-refractivity contribution in [1.82, 2.24) is 15.1 Å². The number of likely N-dealkylation sites (tertiary alicyclic amines) is 1. The summed E-state index contributed by atoms with van der Waals surface area (Å²) in [7, 11) is 3.26. The molecule has 2 aromatic rings. The number of nitrogens with one attached hydrogen (secondary N) is 1. The Hall–Kier alpha value is -2.81. The summed E-state index contributed by atoms with van der Waals surface area (Å²) in [6.07, 6.45) is 1.33. The van der Waals surface area contributed by atoms with Crippen molar-refractivity contribution in [2.45, 2.75) is 32.0 Å². The van der Waals surface area contributed by atoms with Gasteiger partial charge in [0.25, 0.3) is 0 Å². The smallest absolute Gasteiger partial charge is 0.318 e. The van der Waals surface area contributed by atoms with Crippen LogP contribution in [-0.4, -0.2) is 49.1 Å². The number of benzene rings is 2. The molecule has 0 aliphatic carbocycles. The fraction of sp³-hybridized carbons (Fsp3) is 0.409. The minimum atomic E-state index is -0.840. The second-order valence-electron chi connectivity index (χ2n) is 7.63. The summed E-state index contributed by atoms with van der Waals surface area (Å²) in [5, 5.41) is 2.53. The Kier molecular flexibility index (Phi) is 7.37. The first-order valence-corrected chi connectivity index (χ1v) is 9.97. The molecule has 0 spiro atoms. The standard InChI is InChI=1S/C22H25F4N3O2/c1-28-7-5-16(6-8-28)29(13-14-3-4-15(23)9-19(14)24)22(30)27-12-18-20(25)10-17(31-2)11-21(18)26/h3-4,9-11,16H,5-8,12-13H2,1-2H3,(H,27,30). The molecule has 0 unspecified atom stereocenters. The number of carbonyl (C=O) groups is 1. The van der Waals surface area contributed by atoms with E-state index in [0.717, 1.165) is 37.4 Å². The quantitative estimate of drug-likeness (QED) is 0.691. The molecule has 3 rings (SSSR count). The summed E-state index contributed by atoms with van der Waals surface area (Å²) in [6, 6.07) is 4.50. The molecule has 0 saturated carbocycles. The third-order valence-corrected chi connectivity index (χ3v) is 5.51. The zero-order chi connectivity index (χ0) is 22.5. The van der Waals surface area contributed by atoms with Crippen LogP contribution in [0.25, 0.3) is 0 Å². The van der Waals surface area contributed by atoms with Gasteiger partial charge >= 0.3 is 6.03 Å². The van der Waals surface area contributed by atoms with Crippen LogP contribution in [0, 0.1) is 23.3 Å². The zero-order valence-corrected chi connectivity index (χ0v) is 17.4. The first kappa shape index (κ1) is 22.9. The number of amides is 2. The fourth-order valence-electron chi connectivity index (χ4n) is 3.64. The number of hydrogen-bond donors (Lipinski definition) is 1. The summed E-state index contributed by atoms with van der Waals surface area (Å²) < 4.78 is 60.7. The van der Waals surface area contributed by atoms with E-state index in [1.807, 2.05) is 7.05 Å². The van der Waals surface area contributed by atoms with Gasteiger partial charge in [-0.15, -0.1) is 0 Å². The van der Waals surface area contributed by atoms with Crippen LogP contribution in [0.5, 0.6) is 5.75 Å². The molecule has 0 atom stereocenters. The monoisotopic (exact) mass is 439 g/mol. The zero-order valence-electron chi connectivity index (χ0n) is 17.4. The predicted octanol–water partition coefficient (Wildman–Crippen LogP) is 4.06. The molecule has 168 valence electrons. The van der Waals surface area contributed by atoms with Crippen LogP contribution in [0.3, 0.4) is 0 Å². The lowest BCUT2D eigenvalue weighted by Gasteiger charge is -2.37. The van der Waals surface area contributed by atoms with Crippen molar-refractivity contribution < 1.29 is 27.1 Å². The summed E-state index contributed by atoms with van der Waals surface area (Å²) in [5.41, 5.74) is -0.136. The van der Waals surface area contributed by atoms with E-state index in [-0.39, 0.29) is 36.0 Å². The normalized spacial score (nSPS) is 15.0. The Morgan fingerprint density at radius 2 is 1.74 bits per heavy atom. The molecule has 1 N–H and O–H groups in total. The van der Waals surface area contributed by atoms with E-state index in [1.54, 1.807) is 0 Å². The highest BCUT2D eigenvalue weighted by Crippen LogP contribution is 2.22. The van der Waals surface area contributed by atoms with Crippen LogP contribution in [0.2, 0.25) is 0 Å². The van der Waals surface area contributed by atoms with Crippen LogP contribution in [-0.2, 0) is 13.1 Å². The molecule has 1 saturated heterocycles. The molecule has 2 amide bonds. The first-order chi connectivity index (χ1) is 14.8. The summed E-state index contributed by atoms with van der Waals surface area (Å²) >= 11 is 0. The summed E-state index contributed by atoms with van der Waals surface area (Å²) in [5.74, 6) is -3.11. The SMILES string of the molecule is COc1cc(F)c(CNC(=O)N(Cc2ccc(F)cc2F)C2CCN(C)CC2)c(F)c1. The maximum atomic E-state index is 14.2. The number of urea groups is 1. The van der Waals surface area contributed by atoms with Gasteiger partial charge < -0.3 is 19.9 Å². The molecular formula is C22H25F4N3O2. The van der Waals surface area contributed by atoms with Gasteiger partial charge in [0.2, 0.25) is 0 Å². The minimum absolute atomic E-state index is 0.0322. The third kappa shape index (κ3) is 5.66. The van der Waals surface area contributed by atoms with Crippen molar-refractivity contribution in [3.8, 4) is 5.75 Å². The predicted molar refractivity (Wildman–Crippen MR) is 108 cm³/mol. The number of methoxy groups -OCH3 is 1. The van der Waals surface area contributed by atoms with Crippen molar-refractivity contribution in [2.24, 2.45) is 0 Å². The van der Waals surface area contributed by atoms with Gasteiger partial charge in [-0.3, -0.25) is 0 Å². The lowest BCUT2D eigenvalue weighted by molar-refractivity contribution is 0.126. The molecule has 1 aliphatic heterocycles. The largest absolute Gasteiger partial charge is 0.497 e. The van der Waals surface area contributed by atoms with E-state index in [9.17, 15) is 22.4 Å². The molecule has 9 heteroatoms. The van der Waals surface area contributed by atoms with E-state index in [2.05, 4.69) is 10.2 Å². The van der Waals surface area contributed by atoms with Crippen LogP contribution >= 0.6 is 0 Å². The van der Waals surface area contributed by atoms with Crippen molar-refractivity contribution in [3.63, 3.8) is 0 Å². The maximum absolute atomic E-state index is 14.2. The lowest BCUT2D eigenvalue weighted by atomic mass is 10.0. The minimum Gasteiger partial charge on any atom is -0.497 e. The molecule has 1 aliphatic rings. The van der Waals surface area contributed by atoms with Gasteiger partial charge in [0.05, 0.1) is 20.2 Å². The van der Waals surface area contributed by atoms with Gasteiger partial charge in [-0.05, 0) is 39.0 Å². The molecule has 0 aromatic heterocycles. The average molecular weight is 439 g/mol. The van der Waals surface area contributed by atoms with Crippen molar-refractivity contribution in [2.75, 3.05) is 27.2 Å². The molecule has 1 heterocycles. The number of nitrogens with zero attached hydrogens (tertiary/aromatic N) is 2. The molecule has 5 nitrogen and oxygen atoms in total. The van der Waals surface area contributed by atoms with Crippen LogP contribution in [0.4, 0.5) is 22.4 Å². The number of halogens is 4. The highest BCUT2D eigenvalue weighted by molar-refractivity contribution is 5.74. The second-order valence-corrected chi connectivity index (χ2v) is 7.63. The van der Waals surface area contributed by atoms with Gasteiger partial charge in [-0.2, -0.15) is 0 Å². The van der Waals surface area contributed by atoms with E-state index in [0.29, 0.717) is 12.8 Å². The van der Waals surface area contributed by atoms with E-state index >= 15 is 0 Å². The van der Waals surface area contributed by atoms with Crippen LogP contribution < -0.4 is 10.1 Å². The van der Waals surface area contributed by atoms with E-state index in [4.69, 9.17) is 4.74 Å². The lowest BCUT2D eigenvalue weighted by Crippen LogP contribution is -2.49. The van der Waals surface area contributed by atoms with Gasteiger partial charge in [0, 0.05) is 35.4 Å². The Morgan fingerprint density at radius 3 is 2.32 bits per heavy atom. The maximum Gasteiger partial charge on any atom is 0.318 e. The molecule has 1 fully saturated rings. The third-order valence-electron chi connectivity index (χ3n) is 5.51. The highest BCUT2D eigenvalue weighted by Gasteiger charge is 2.28. The van der Waals surface area contributed by atoms with Gasteiger partial charge in [0.15, 0.2) is 0 Å². The van der Waals surface area contributed by atoms with Crippen molar-refractivity contribution in [1.29, 1.82) is 0 Å². The fourth-order valence-corrected chi connectivity index (χ4v) is 3.64. The summed E-state index contributed by atoms with van der Waals surface area (Å²) in [4.78, 5) is 16.5. The molecule has 0 bridgehead atoms. The van der Waals surface area contributed by atoms with Crippen LogP contribution in [0.15, 0.2) is 30.3 Å². The Morgan fingerprint density at radius 1 is 1.10 bits per heavy atom. The topological polar surface area (TPSA) is 44.8 Å².